The summed E-state index contributed by atoms with van der Waals surface area (Å²) >= 11 is 0. The van der Waals surface area contributed by atoms with Gasteiger partial charge in [-0.1, -0.05) is 0 Å². The number of nitrogens with one attached hydrogen (secondary N) is 1. The average Bonchev–Trinajstić information content (AvgIpc) is 2.76. The largest absolute Gasteiger partial charge is 0.306 e. The molecule has 1 saturated carbocycles. The Bertz CT molecular complexity index is 951. The summed E-state index contributed by atoms with van der Waals surface area (Å²) < 4.78 is 1.66. The van der Waals surface area contributed by atoms with Crippen LogP contribution in [0.2, 0.25) is 0 Å². The Labute approximate surface area is 163 Å². The van der Waals surface area contributed by atoms with Crippen LogP contribution >= 0.6 is 0 Å². The Morgan fingerprint density at radius 3 is 2.50 bits per heavy atom. The van der Waals surface area contributed by atoms with Crippen LogP contribution < -0.4 is 10.9 Å². The summed E-state index contributed by atoms with van der Waals surface area (Å²) in [4.78, 5) is 25.0. The smallest absolute Gasteiger partial charge is 0.267 e. The van der Waals surface area contributed by atoms with E-state index in [9.17, 15) is 4.79 Å². The fourth-order valence-corrected chi connectivity index (χ4v) is 3.82. The van der Waals surface area contributed by atoms with E-state index in [1.165, 1.54) is 0 Å². The first-order valence-electron chi connectivity index (χ1n) is 9.73. The highest BCUT2D eigenvalue weighted by molar-refractivity contribution is 5.57. The van der Waals surface area contributed by atoms with Crippen LogP contribution in [-0.2, 0) is 0 Å². The summed E-state index contributed by atoms with van der Waals surface area (Å²) in [5, 5.41) is 8.28. The topological polar surface area (TPSA) is 85.6 Å². The fourth-order valence-electron chi connectivity index (χ4n) is 3.82. The van der Waals surface area contributed by atoms with Gasteiger partial charge in [0.1, 0.15) is 0 Å². The summed E-state index contributed by atoms with van der Waals surface area (Å²) in [6.07, 6.45) is 12.5. The average molecular weight is 376 g/mol. The molecule has 3 aromatic rings. The molecule has 1 fully saturated rings. The molecule has 0 radical (unpaired) electrons. The minimum Gasteiger partial charge on any atom is -0.306 e. The van der Waals surface area contributed by atoms with E-state index in [1.54, 1.807) is 47.8 Å². The first-order valence-corrected chi connectivity index (χ1v) is 9.73. The highest BCUT2D eigenvalue weighted by Gasteiger charge is 2.25. The van der Waals surface area contributed by atoms with Gasteiger partial charge < -0.3 is 5.32 Å². The zero-order valence-electron chi connectivity index (χ0n) is 15.9. The SMILES string of the molecule is CC(NC1CCC(n2nc(-c3ccncc3)ccc2=O)CC1)c1cnccn1. The molecule has 1 aliphatic rings. The summed E-state index contributed by atoms with van der Waals surface area (Å²) in [5.41, 5.74) is 2.69. The number of pyridine rings is 1. The number of hydrogen-bond donors (Lipinski definition) is 1. The molecule has 0 amide bonds. The van der Waals surface area contributed by atoms with Gasteiger partial charge in [-0.05, 0) is 50.8 Å². The van der Waals surface area contributed by atoms with Gasteiger partial charge in [0.15, 0.2) is 0 Å². The van der Waals surface area contributed by atoms with E-state index in [1.807, 2.05) is 12.1 Å². The summed E-state index contributed by atoms with van der Waals surface area (Å²) in [5.74, 6) is 0. The first kappa shape index (κ1) is 18.4. The molecular formula is C21H24N6O. The van der Waals surface area contributed by atoms with Crippen LogP contribution in [0.5, 0.6) is 0 Å². The lowest BCUT2D eigenvalue weighted by Gasteiger charge is -2.31. The molecule has 1 N–H and O–H groups in total. The van der Waals surface area contributed by atoms with Crippen LogP contribution in [-0.4, -0.2) is 30.8 Å². The van der Waals surface area contributed by atoms with Gasteiger partial charge in [-0.15, -0.1) is 0 Å². The number of nitrogens with zero attached hydrogens (tertiary/aromatic N) is 5. The van der Waals surface area contributed by atoms with Gasteiger partial charge in [0.25, 0.3) is 5.56 Å². The van der Waals surface area contributed by atoms with Crippen LogP contribution in [0, 0.1) is 0 Å². The second kappa shape index (κ2) is 8.39. The zero-order chi connectivity index (χ0) is 19.3. The molecule has 0 aromatic carbocycles. The van der Waals surface area contributed by atoms with Gasteiger partial charge >= 0.3 is 0 Å². The van der Waals surface area contributed by atoms with Crippen LogP contribution in [0.15, 0.2) is 60.0 Å². The van der Waals surface area contributed by atoms with Crippen molar-refractivity contribution >= 4 is 0 Å². The van der Waals surface area contributed by atoms with E-state index in [2.05, 4.69) is 32.3 Å². The van der Waals surface area contributed by atoms with Crippen LogP contribution in [0.25, 0.3) is 11.3 Å². The molecule has 7 heteroatoms. The Morgan fingerprint density at radius 2 is 1.79 bits per heavy atom. The monoisotopic (exact) mass is 376 g/mol. The predicted octanol–water partition coefficient (Wildman–Crippen LogP) is 2.93. The third-order valence-electron chi connectivity index (χ3n) is 5.36. The lowest BCUT2D eigenvalue weighted by molar-refractivity contribution is 0.258. The minimum atomic E-state index is -0.0397. The standard InChI is InChI=1S/C21H24N6O/c1-15(20-14-23-12-13-24-20)25-17-2-4-18(5-3-17)27-21(28)7-6-19(26-27)16-8-10-22-11-9-16/h6-15,17-18,25H,2-5H2,1H3. The van der Waals surface area contributed by atoms with Crippen LogP contribution in [0.4, 0.5) is 0 Å². The van der Waals surface area contributed by atoms with Crippen molar-refractivity contribution in [3.05, 3.63) is 71.3 Å². The zero-order valence-corrected chi connectivity index (χ0v) is 15.9. The Morgan fingerprint density at radius 1 is 1.00 bits per heavy atom. The molecule has 1 atom stereocenters. The summed E-state index contributed by atoms with van der Waals surface area (Å²) in [6, 6.07) is 7.92. The van der Waals surface area contributed by atoms with Gasteiger partial charge in [0.05, 0.1) is 17.4 Å². The first-order chi connectivity index (χ1) is 13.7. The number of hydrogen-bond acceptors (Lipinski definition) is 6. The fraction of sp³-hybridized carbons (Fsp3) is 0.381. The Kier molecular flexibility index (Phi) is 5.53. The van der Waals surface area contributed by atoms with E-state index in [0.717, 1.165) is 42.6 Å². The van der Waals surface area contributed by atoms with E-state index in [0.29, 0.717) is 6.04 Å². The van der Waals surface area contributed by atoms with Crippen molar-refractivity contribution in [2.24, 2.45) is 0 Å². The lowest BCUT2D eigenvalue weighted by Crippen LogP contribution is -2.38. The van der Waals surface area contributed by atoms with Crippen molar-refractivity contribution in [1.29, 1.82) is 0 Å². The van der Waals surface area contributed by atoms with E-state index < -0.39 is 0 Å². The Balaban J connectivity index is 1.42. The molecule has 3 aromatic heterocycles. The summed E-state index contributed by atoms with van der Waals surface area (Å²) in [6.45, 7) is 2.11. The van der Waals surface area contributed by atoms with Crippen molar-refractivity contribution in [1.82, 2.24) is 30.0 Å². The van der Waals surface area contributed by atoms with Gasteiger partial charge in [0, 0.05) is 54.7 Å². The number of aromatic nitrogens is 5. The van der Waals surface area contributed by atoms with Crippen molar-refractivity contribution < 1.29 is 0 Å². The number of rotatable bonds is 5. The van der Waals surface area contributed by atoms with Gasteiger partial charge in [0.2, 0.25) is 0 Å². The molecule has 1 aliphatic carbocycles. The molecule has 0 spiro atoms. The maximum Gasteiger partial charge on any atom is 0.267 e. The highest BCUT2D eigenvalue weighted by Crippen LogP contribution is 2.28. The van der Waals surface area contributed by atoms with Crippen LogP contribution in [0.3, 0.4) is 0 Å². The van der Waals surface area contributed by atoms with Crippen molar-refractivity contribution in [3.8, 4) is 11.3 Å². The molecule has 0 bridgehead atoms. The van der Waals surface area contributed by atoms with Gasteiger partial charge in [-0.2, -0.15) is 5.10 Å². The van der Waals surface area contributed by atoms with Gasteiger partial charge in [-0.3, -0.25) is 19.7 Å². The van der Waals surface area contributed by atoms with E-state index >= 15 is 0 Å². The van der Waals surface area contributed by atoms with E-state index in [-0.39, 0.29) is 17.6 Å². The second-order valence-corrected chi connectivity index (χ2v) is 7.26. The second-order valence-electron chi connectivity index (χ2n) is 7.26. The molecule has 144 valence electrons. The molecule has 0 saturated heterocycles. The molecule has 0 aliphatic heterocycles. The molecule has 1 unspecified atom stereocenters. The molecule has 3 heterocycles. The molecule has 4 rings (SSSR count). The van der Waals surface area contributed by atoms with Crippen LogP contribution in [0.1, 0.15) is 50.4 Å². The Hall–Kier alpha value is -2.93. The van der Waals surface area contributed by atoms with Gasteiger partial charge in [-0.25, -0.2) is 4.68 Å². The highest BCUT2D eigenvalue weighted by atomic mass is 16.1. The van der Waals surface area contributed by atoms with Crippen molar-refractivity contribution in [2.45, 2.75) is 50.7 Å². The summed E-state index contributed by atoms with van der Waals surface area (Å²) in [7, 11) is 0. The quantitative estimate of drug-likeness (QED) is 0.737. The molecular weight excluding hydrogens is 352 g/mol. The normalized spacial score (nSPS) is 20.6. The van der Waals surface area contributed by atoms with E-state index in [4.69, 9.17) is 0 Å². The predicted molar refractivity (Wildman–Crippen MR) is 107 cm³/mol. The maximum absolute atomic E-state index is 12.4. The van der Waals surface area contributed by atoms with Crippen molar-refractivity contribution in [2.75, 3.05) is 0 Å². The minimum absolute atomic E-state index is 0.0397. The third kappa shape index (κ3) is 4.14. The molecule has 28 heavy (non-hydrogen) atoms. The molecule has 7 nitrogen and oxygen atoms in total. The third-order valence-corrected chi connectivity index (χ3v) is 5.36. The van der Waals surface area contributed by atoms with Crippen molar-refractivity contribution in [3.63, 3.8) is 0 Å². The lowest BCUT2D eigenvalue weighted by atomic mass is 9.90. The maximum atomic E-state index is 12.4.